The summed E-state index contributed by atoms with van der Waals surface area (Å²) in [6.07, 6.45) is 9.49. The van der Waals surface area contributed by atoms with Crippen molar-refractivity contribution < 1.29 is 23.9 Å². The zero-order chi connectivity index (χ0) is 18.6. The third-order valence-corrected chi connectivity index (χ3v) is 4.17. The van der Waals surface area contributed by atoms with Crippen molar-refractivity contribution in [2.75, 3.05) is 27.7 Å². The molecule has 5 nitrogen and oxygen atoms in total. The van der Waals surface area contributed by atoms with Gasteiger partial charge in [0.15, 0.2) is 6.04 Å². The molecule has 0 saturated heterocycles. The zero-order valence-corrected chi connectivity index (χ0v) is 16.0. The number of hydrogen-bond donors (Lipinski definition) is 1. The van der Waals surface area contributed by atoms with E-state index in [9.17, 15) is 14.7 Å². The number of aliphatic carboxylic acids is 1. The van der Waals surface area contributed by atoms with Crippen LogP contribution in [0.1, 0.15) is 64.7 Å². The number of nitrogens with zero attached hydrogens (tertiary/aromatic N) is 1. The van der Waals surface area contributed by atoms with E-state index >= 15 is 0 Å². The van der Waals surface area contributed by atoms with E-state index in [1.165, 1.54) is 12.8 Å². The summed E-state index contributed by atoms with van der Waals surface area (Å²) in [5.41, 5.74) is 0.449. The van der Waals surface area contributed by atoms with Crippen LogP contribution in [0.3, 0.4) is 0 Å². The van der Waals surface area contributed by atoms with Crippen LogP contribution < -0.4 is 0 Å². The first-order chi connectivity index (χ1) is 11.2. The van der Waals surface area contributed by atoms with Crippen LogP contribution in [0, 0.1) is 0 Å². The second-order valence-corrected chi connectivity index (χ2v) is 7.50. The van der Waals surface area contributed by atoms with Crippen LogP contribution >= 0.6 is 0 Å². The van der Waals surface area contributed by atoms with Gasteiger partial charge in [0.05, 0.1) is 27.7 Å². The van der Waals surface area contributed by atoms with E-state index in [2.05, 4.69) is 6.58 Å². The maximum absolute atomic E-state index is 11.3. The molecule has 0 heterocycles. The summed E-state index contributed by atoms with van der Waals surface area (Å²) in [6, 6.07) is -0.313. The first-order valence-corrected chi connectivity index (χ1v) is 9.02. The van der Waals surface area contributed by atoms with Crippen LogP contribution in [0.5, 0.6) is 0 Å². The van der Waals surface area contributed by atoms with Gasteiger partial charge in [-0.15, -0.1) is 0 Å². The van der Waals surface area contributed by atoms with E-state index in [1.807, 2.05) is 21.1 Å². The third-order valence-electron chi connectivity index (χ3n) is 4.17. The predicted octanol–water partition coefficient (Wildman–Crippen LogP) is 3.78. The largest absolute Gasteiger partial charge is 0.477 e. The number of carbonyl (C=O) groups excluding carboxylic acids is 1. The average Bonchev–Trinajstić information content (AvgIpc) is 2.46. The Bertz CT molecular complexity index is 399. The van der Waals surface area contributed by atoms with Gasteiger partial charge in [-0.05, 0) is 19.8 Å². The predicted molar refractivity (Wildman–Crippen MR) is 96.8 cm³/mol. The first-order valence-electron chi connectivity index (χ1n) is 9.02. The molecular formula is C19H36NO4+. The topological polar surface area (TPSA) is 63.6 Å². The number of quaternary nitrogens is 1. The Labute approximate surface area is 147 Å². The summed E-state index contributed by atoms with van der Waals surface area (Å²) in [7, 11) is 5.81. The molecule has 140 valence electrons. The van der Waals surface area contributed by atoms with Crippen LogP contribution in [-0.4, -0.2) is 55.3 Å². The summed E-state index contributed by atoms with van der Waals surface area (Å²) < 4.78 is 5.52. The Hall–Kier alpha value is -1.36. The van der Waals surface area contributed by atoms with Gasteiger partial charge in [0.2, 0.25) is 0 Å². The maximum atomic E-state index is 11.3. The van der Waals surface area contributed by atoms with Crippen molar-refractivity contribution in [3.05, 3.63) is 12.2 Å². The Morgan fingerprint density at radius 2 is 1.42 bits per heavy atom. The van der Waals surface area contributed by atoms with Crippen LogP contribution in [0.25, 0.3) is 0 Å². The van der Waals surface area contributed by atoms with E-state index in [0.717, 1.165) is 44.9 Å². The normalized spacial score (nSPS) is 12.7. The molecule has 0 amide bonds. The fourth-order valence-electron chi connectivity index (χ4n) is 2.63. The van der Waals surface area contributed by atoms with E-state index < -0.39 is 5.97 Å². The smallest absolute Gasteiger partial charge is 0.362 e. The highest BCUT2D eigenvalue weighted by molar-refractivity contribution is 5.86. The summed E-state index contributed by atoms with van der Waals surface area (Å²) in [5.74, 6) is -1.00. The van der Waals surface area contributed by atoms with E-state index in [-0.39, 0.29) is 12.0 Å². The number of ether oxygens (including phenoxy) is 1. The standard InChI is InChI=1S/C19H35NO4/c1-16(2)19(23)24-15-13-11-9-7-6-8-10-12-14-17(18(21)22)20(3,4)5/h17H,1,6-15H2,2-5H3/p+1. The summed E-state index contributed by atoms with van der Waals surface area (Å²) in [4.78, 5) is 22.4. The van der Waals surface area contributed by atoms with Gasteiger partial charge in [0.1, 0.15) is 0 Å². The number of esters is 1. The van der Waals surface area contributed by atoms with E-state index in [0.29, 0.717) is 16.7 Å². The highest BCUT2D eigenvalue weighted by Gasteiger charge is 2.30. The van der Waals surface area contributed by atoms with Crippen molar-refractivity contribution in [1.29, 1.82) is 0 Å². The van der Waals surface area contributed by atoms with Gasteiger partial charge >= 0.3 is 11.9 Å². The van der Waals surface area contributed by atoms with E-state index in [1.54, 1.807) is 6.92 Å². The SMILES string of the molecule is C=C(C)C(=O)OCCCCCCCCCCC(C(=O)O)[N+](C)(C)C. The average molecular weight is 342 g/mol. The minimum absolute atomic E-state index is 0.302. The lowest BCUT2D eigenvalue weighted by Crippen LogP contribution is -2.49. The molecule has 24 heavy (non-hydrogen) atoms. The molecule has 0 aromatic rings. The lowest BCUT2D eigenvalue weighted by atomic mass is 10.0. The number of hydrogen-bond acceptors (Lipinski definition) is 3. The minimum Gasteiger partial charge on any atom is -0.477 e. The number of rotatable bonds is 14. The number of carboxylic acids is 1. The number of carbonyl (C=O) groups is 2. The molecule has 1 unspecified atom stereocenters. The fourth-order valence-corrected chi connectivity index (χ4v) is 2.63. The maximum Gasteiger partial charge on any atom is 0.362 e. The van der Waals surface area contributed by atoms with Crippen molar-refractivity contribution in [2.24, 2.45) is 0 Å². The molecule has 0 aliphatic carbocycles. The number of unbranched alkanes of at least 4 members (excludes halogenated alkanes) is 7. The van der Waals surface area contributed by atoms with Gasteiger partial charge < -0.3 is 14.3 Å². The minimum atomic E-state index is -0.699. The molecule has 5 heteroatoms. The van der Waals surface area contributed by atoms with Crippen LogP contribution in [0.4, 0.5) is 0 Å². The van der Waals surface area contributed by atoms with Gasteiger partial charge in [-0.3, -0.25) is 0 Å². The summed E-state index contributed by atoms with van der Waals surface area (Å²) in [5, 5.41) is 9.27. The van der Waals surface area contributed by atoms with Crippen LogP contribution in [-0.2, 0) is 14.3 Å². The molecule has 0 fully saturated rings. The monoisotopic (exact) mass is 342 g/mol. The molecule has 0 rings (SSSR count). The summed E-state index contributed by atoms with van der Waals surface area (Å²) in [6.45, 7) is 5.68. The number of carboxylic acid groups (broad SMARTS) is 1. The lowest BCUT2D eigenvalue weighted by molar-refractivity contribution is -0.887. The van der Waals surface area contributed by atoms with Crippen molar-refractivity contribution in [2.45, 2.75) is 70.8 Å². The molecule has 0 aliphatic heterocycles. The van der Waals surface area contributed by atoms with Gasteiger partial charge in [0, 0.05) is 12.0 Å². The molecule has 1 atom stereocenters. The Kier molecular flexibility index (Phi) is 11.4. The van der Waals surface area contributed by atoms with Crippen molar-refractivity contribution in [3.8, 4) is 0 Å². The molecule has 0 aromatic carbocycles. The molecule has 0 saturated carbocycles. The quantitative estimate of drug-likeness (QED) is 0.226. The van der Waals surface area contributed by atoms with Crippen molar-refractivity contribution >= 4 is 11.9 Å². The van der Waals surface area contributed by atoms with Crippen molar-refractivity contribution in [3.63, 3.8) is 0 Å². The van der Waals surface area contributed by atoms with Gasteiger partial charge in [-0.25, -0.2) is 9.59 Å². The van der Waals surface area contributed by atoms with Crippen LogP contribution in [0.15, 0.2) is 12.2 Å². The molecule has 0 aliphatic rings. The highest BCUT2D eigenvalue weighted by Crippen LogP contribution is 2.15. The van der Waals surface area contributed by atoms with E-state index in [4.69, 9.17) is 4.74 Å². The lowest BCUT2D eigenvalue weighted by Gasteiger charge is -2.31. The third kappa shape index (κ3) is 11.2. The highest BCUT2D eigenvalue weighted by atomic mass is 16.5. The number of likely N-dealkylation sites (N-methyl/N-ethyl adjacent to an activating group) is 1. The first kappa shape index (κ1) is 22.6. The van der Waals surface area contributed by atoms with Gasteiger partial charge in [-0.2, -0.15) is 0 Å². The van der Waals surface area contributed by atoms with Gasteiger partial charge in [0.25, 0.3) is 0 Å². The molecule has 0 bridgehead atoms. The summed E-state index contributed by atoms with van der Waals surface area (Å²) >= 11 is 0. The zero-order valence-electron chi connectivity index (χ0n) is 16.0. The molecule has 1 N–H and O–H groups in total. The fraction of sp³-hybridized carbons (Fsp3) is 0.789. The Balaban J connectivity index is 3.50. The molecule has 0 radical (unpaired) electrons. The van der Waals surface area contributed by atoms with Crippen molar-refractivity contribution in [1.82, 2.24) is 0 Å². The molecular weight excluding hydrogens is 306 g/mol. The Morgan fingerprint density at radius 3 is 1.83 bits per heavy atom. The van der Waals surface area contributed by atoms with Gasteiger partial charge in [-0.1, -0.05) is 45.1 Å². The molecule has 0 aromatic heterocycles. The second-order valence-electron chi connectivity index (χ2n) is 7.50. The Morgan fingerprint density at radius 1 is 0.958 bits per heavy atom. The van der Waals surface area contributed by atoms with Crippen LogP contribution in [0.2, 0.25) is 0 Å². The molecule has 0 spiro atoms. The second kappa shape index (κ2) is 12.1.